The lowest BCUT2D eigenvalue weighted by atomic mass is 10.5. The fourth-order valence-corrected chi connectivity index (χ4v) is 1.87. The predicted molar refractivity (Wildman–Crippen MR) is 76.4 cm³/mol. The lowest BCUT2D eigenvalue weighted by Crippen LogP contribution is -2.34. The van der Waals surface area contributed by atoms with Crippen LogP contribution >= 0.6 is 0 Å². The molecule has 0 aliphatic heterocycles. The molecule has 11 heteroatoms. The van der Waals surface area contributed by atoms with Gasteiger partial charge in [-0.15, -0.1) is 5.10 Å². The largest absolute Gasteiger partial charge is 0.353 e. The van der Waals surface area contributed by atoms with Crippen molar-refractivity contribution in [3.8, 4) is 5.82 Å². The maximum atomic E-state index is 11.8. The molecule has 0 radical (unpaired) electrons. The second kappa shape index (κ2) is 6.60. The number of carbonyl (C=O) groups is 1. The number of nitrogens with zero attached hydrogens (tertiary/aromatic N) is 8. The van der Waals surface area contributed by atoms with Crippen LogP contribution in [0.25, 0.3) is 5.82 Å². The van der Waals surface area contributed by atoms with E-state index in [1.54, 1.807) is 6.07 Å². The zero-order valence-electron chi connectivity index (χ0n) is 12.0. The maximum Gasteiger partial charge on any atom is 0.266 e. The monoisotopic (exact) mass is 315 g/mol. The molecular formula is C12H13N9O2. The van der Waals surface area contributed by atoms with Crippen molar-refractivity contribution in [3.05, 3.63) is 47.8 Å². The molecule has 0 saturated heterocycles. The predicted octanol–water partition coefficient (Wildman–Crippen LogP) is -1.77. The average Bonchev–Trinajstić information content (AvgIpc) is 3.22. The minimum Gasteiger partial charge on any atom is -0.353 e. The number of amides is 1. The van der Waals surface area contributed by atoms with Gasteiger partial charge in [-0.05, 0) is 6.07 Å². The Morgan fingerprint density at radius 1 is 1.13 bits per heavy atom. The minimum absolute atomic E-state index is 0.0708. The normalized spacial score (nSPS) is 10.6. The van der Waals surface area contributed by atoms with Crippen molar-refractivity contribution in [2.24, 2.45) is 0 Å². The second-order valence-electron chi connectivity index (χ2n) is 4.54. The van der Waals surface area contributed by atoms with E-state index in [0.717, 1.165) is 0 Å². The molecule has 0 spiro atoms. The van der Waals surface area contributed by atoms with Crippen molar-refractivity contribution < 1.29 is 4.79 Å². The van der Waals surface area contributed by atoms with E-state index in [1.165, 1.54) is 45.4 Å². The van der Waals surface area contributed by atoms with Gasteiger partial charge in [0.2, 0.25) is 5.91 Å². The molecule has 0 aliphatic carbocycles. The highest BCUT2D eigenvalue weighted by atomic mass is 16.2. The second-order valence-corrected chi connectivity index (χ2v) is 4.54. The van der Waals surface area contributed by atoms with E-state index >= 15 is 0 Å². The maximum absolute atomic E-state index is 11.8. The van der Waals surface area contributed by atoms with Crippen molar-refractivity contribution in [1.29, 1.82) is 0 Å². The number of nitrogens with one attached hydrogen (secondary N) is 1. The molecule has 0 bridgehead atoms. The Labute approximate surface area is 129 Å². The van der Waals surface area contributed by atoms with Crippen LogP contribution in [0, 0.1) is 0 Å². The van der Waals surface area contributed by atoms with Gasteiger partial charge in [-0.2, -0.15) is 10.2 Å². The van der Waals surface area contributed by atoms with E-state index in [0.29, 0.717) is 5.82 Å². The topological polar surface area (TPSA) is 125 Å². The van der Waals surface area contributed by atoms with E-state index in [4.69, 9.17) is 0 Å². The van der Waals surface area contributed by atoms with Crippen molar-refractivity contribution >= 4 is 5.91 Å². The third kappa shape index (κ3) is 3.64. The zero-order chi connectivity index (χ0) is 16.1. The Kier molecular flexibility index (Phi) is 4.18. The number of aromatic nitrogens is 8. The minimum atomic E-state index is -0.264. The third-order valence-corrected chi connectivity index (χ3v) is 2.92. The van der Waals surface area contributed by atoms with Gasteiger partial charge >= 0.3 is 0 Å². The molecule has 1 N–H and O–H groups in total. The van der Waals surface area contributed by atoms with E-state index < -0.39 is 0 Å². The molecule has 118 valence electrons. The van der Waals surface area contributed by atoms with Crippen molar-refractivity contribution in [3.63, 3.8) is 0 Å². The molecule has 0 saturated carbocycles. The Morgan fingerprint density at radius 2 is 1.96 bits per heavy atom. The van der Waals surface area contributed by atoms with Crippen molar-refractivity contribution in [1.82, 2.24) is 44.6 Å². The Bertz CT molecular complexity index is 823. The Balaban J connectivity index is 1.58. The van der Waals surface area contributed by atoms with Crippen molar-refractivity contribution in [2.75, 3.05) is 6.54 Å². The summed E-state index contributed by atoms with van der Waals surface area (Å²) >= 11 is 0. The van der Waals surface area contributed by atoms with Crippen LogP contribution in [0.2, 0.25) is 0 Å². The van der Waals surface area contributed by atoms with Gasteiger partial charge in [0.05, 0.1) is 6.54 Å². The molecular weight excluding hydrogens is 302 g/mol. The van der Waals surface area contributed by atoms with E-state index in [9.17, 15) is 9.59 Å². The first-order chi connectivity index (χ1) is 11.2. The quantitative estimate of drug-likeness (QED) is 0.570. The zero-order valence-corrected chi connectivity index (χ0v) is 12.0. The van der Waals surface area contributed by atoms with Gasteiger partial charge in [0.1, 0.15) is 31.9 Å². The molecule has 3 aromatic heterocycles. The third-order valence-electron chi connectivity index (χ3n) is 2.92. The fraction of sp³-hybridized carbons (Fsp3) is 0.250. The van der Waals surface area contributed by atoms with Crippen LogP contribution in [0.15, 0.2) is 42.2 Å². The highest BCUT2D eigenvalue weighted by molar-refractivity contribution is 5.75. The molecule has 0 unspecified atom stereocenters. The number of hydrogen-bond donors (Lipinski definition) is 1. The smallest absolute Gasteiger partial charge is 0.266 e. The summed E-state index contributed by atoms with van der Waals surface area (Å²) in [6, 6.07) is 2.94. The van der Waals surface area contributed by atoms with Gasteiger partial charge in [0.25, 0.3) is 5.56 Å². The first kappa shape index (κ1) is 14.6. The summed E-state index contributed by atoms with van der Waals surface area (Å²) in [5.74, 6) is 0.243. The summed E-state index contributed by atoms with van der Waals surface area (Å²) in [7, 11) is 0. The highest BCUT2D eigenvalue weighted by Crippen LogP contribution is 1.96. The van der Waals surface area contributed by atoms with Gasteiger partial charge in [-0.1, -0.05) is 0 Å². The number of rotatable bonds is 6. The summed E-state index contributed by atoms with van der Waals surface area (Å²) in [6.07, 6.45) is 5.66. The molecule has 11 nitrogen and oxygen atoms in total. The van der Waals surface area contributed by atoms with E-state index in [1.807, 2.05) is 0 Å². The summed E-state index contributed by atoms with van der Waals surface area (Å²) in [5.41, 5.74) is -0.264. The van der Waals surface area contributed by atoms with Crippen LogP contribution in [0.5, 0.6) is 0 Å². The van der Waals surface area contributed by atoms with Gasteiger partial charge in [0.15, 0.2) is 5.82 Å². The first-order valence-electron chi connectivity index (χ1n) is 6.74. The fourth-order valence-electron chi connectivity index (χ4n) is 1.87. The first-order valence-corrected chi connectivity index (χ1v) is 6.74. The molecule has 23 heavy (non-hydrogen) atoms. The molecule has 3 rings (SSSR count). The molecule has 3 heterocycles. The van der Waals surface area contributed by atoms with Crippen molar-refractivity contribution in [2.45, 2.75) is 13.1 Å². The van der Waals surface area contributed by atoms with E-state index in [-0.39, 0.29) is 31.1 Å². The molecule has 0 fully saturated rings. The number of carbonyl (C=O) groups excluding carboxylic acids is 1. The average molecular weight is 315 g/mol. The molecule has 0 atom stereocenters. The van der Waals surface area contributed by atoms with Gasteiger partial charge in [-0.25, -0.2) is 24.0 Å². The van der Waals surface area contributed by atoms with Crippen LogP contribution in [-0.2, 0) is 17.9 Å². The molecule has 0 aliphatic rings. The number of hydrogen-bond acceptors (Lipinski definition) is 7. The Hall–Kier alpha value is -3.37. The lowest BCUT2D eigenvalue weighted by molar-refractivity contribution is -0.121. The van der Waals surface area contributed by atoms with Crippen LogP contribution in [0.4, 0.5) is 0 Å². The summed E-state index contributed by atoms with van der Waals surface area (Å²) in [4.78, 5) is 31.1. The van der Waals surface area contributed by atoms with Crippen LogP contribution in [0.1, 0.15) is 0 Å². The molecule has 0 aromatic carbocycles. The SMILES string of the molecule is O=C(Cn1cncn1)NCCn1nc(-n2cncn2)ccc1=O. The summed E-state index contributed by atoms with van der Waals surface area (Å²) < 4.78 is 4.11. The van der Waals surface area contributed by atoms with Gasteiger partial charge < -0.3 is 5.32 Å². The van der Waals surface area contributed by atoms with Crippen LogP contribution in [-0.4, -0.2) is 51.8 Å². The Morgan fingerprint density at radius 3 is 2.70 bits per heavy atom. The standard InChI is InChI=1S/C12H13N9O2/c22-11(5-19-8-13-6-16-19)15-3-4-20-12(23)2-1-10(18-20)21-9-14-7-17-21/h1-2,6-9H,3-5H2,(H,15,22). The molecule has 1 amide bonds. The highest BCUT2D eigenvalue weighted by Gasteiger charge is 2.05. The summed E-state index contributed by atoms with van der Waals surface area (Å²) in [6.45, 7) is 0.576. The summed E-state index contributed by atoms with van der Waals surface area (Å²) in [5, 5.41) is 14.6. The van der Waals surface area contributed by atoms with Gasteiger partial charge in [0, 0.05) is 12.6 Å². The molecule has 3 aromatic rings. The van der Waals surface area contributed by atoms with Gasteiger partial charge in [-0.3, -0.25) is 9.59 Å². The lowest BCUT2D eigenvalue weighted by Gasteiger charge is -2.08. The van der Waals surface area contributed by atoms with Crippen LogP contribution < -0.4 is 10.9 Å². The van der Waals surface area contributed by atoms with Crippen LogP contribution in [0.3, 0.4) is 0 Å². The van der Waals surface area contributed by atoms with E-state index in [2.05, 4.69) is 30.6 Å².